The van der Waals surface area contributed by atoms with E-state index in [1.807, 2.05) is 51.5 Å². The third kappa shape index (κ3) is 6.11. The molecular weight excluding hydrogens is 470 g/mol. The Kier molecular flexibility index (Phi) is 8.94. The largest absolute Gasteiger partial charge is 0.496 e. The zero-order valence-corrected chi connectivity index (χ0v) is 22.7. The molecule has 0 aliphatic heterocycles. The van der Waals surface area contributed by atoms with Crippen LogP contribution < -0.4 is 15.2 Å². The molecule has 1 aromatic heterocycles. The highest BCUT2D eigenvalue weighted by atomic mass is 16.5. The number of carbonyl (C=O) groups is 2. The van der Waals surface area contributed by atoms with E-state index in [4.69, 9.17) is 15.2 Å². The van der Waals surface area contributed by atoms with Crippen LogP contribution in [0.1, 0.15) is 52.6 Å². The van der Waals surface area contributed by atoms with Gasteiger partial charge in [-0.2, -0.15) is 5.10 Å². The van der Waals surface area contributed by atoms with Gasteiger partial charge in [0.25, 0.3) is 11.8 Å². The van der Waals surface area contributed by atoms with Crippen LogP contribution in [0, 0.1) is 0 Å². The van der Waals surface area contributed by atoms with Gasteiger partial charge < -0.3 is 25.0 Å². The number of amides is 2. The second-order valence-electron chi connectivity index (χ2n) is 9.54. The summed E-state index contributed by atoms with van der Waals surface area (Å²) in [6, 6.07) is 12.6. The SMILES string of the molecule is COc1cccc(OC)c1-c1cc(C(N)=O)nn1-c1ccc(C(=O)N(C)CCCN(C)C)cc1C(C)C. The van der Waals surface area contributed by atoms with Crippen LogP contribution in [0.15, 0.2) is 42.5 Å². The molecule has 3 aromatic rings. The number of primary amides is 1. The van der Waals surface area contributed by atoms with Crippen LogP contribution in [0.4, 0.5) is 0 Å². The van der Waals surface area contributed by atoms with E-state index in [2.05, 4.69) is 23.8 Å². The summed E-state index contributed by atoms with van der Waals surface area (Å²) in [5.74, 6) is 0.501. The van der Waals surface area contributed by atoms with Gasteiger partial charge in [0.2, 0.25) is 0 Å². The number of rotatable bonds is 11. The third-order valence-electron chi connectivity index (χ3n) is 6.22. The third-order valence-corrected chi connectivity index (χ3v) is 6.22. The molecule has 0 spiro atoms. The highest BCUT2D eigenvalue weighted by Gasteiger charge is 2.24. The van der Waals surface area contributed by atoms with Crippen LogP contribution in [0.25, 0.3) is 16.9 Å². The van der Waals surface area contributed by atoms with Crippen LogP contribution in [-0.4, -0.2) is 79.8 Å². The van der Waals surface area contributed by atoms with Crippen LogP contribution in [-0.2, 0) is 0 Å². The number of ether oxygens (including phenoxy) is 2. The molecule has 0 fully saturated rings. The van der Waals surface area contributed by atoms with Crippen molar-refractivity contribution in [2.24, 2.45) is 5.73 Å². The first-order valence-corrected chi connectivity index (χ1v) is 12.2. The van der Waals surface area contributed by atoms with E-state index in [1.165, 1.54) is 0 Å². The maximum atomic E-state index is 13.2. The molecule has 37 heavy (non-hydrogen) atoms. The topological polar surface area (TPSA) is 103 Å². The van der Waals surface area contributed by atoms with Crippen LogP contribution >= 0.6 is 0 Å². The van der Waals surface area contributed by atoms with Gasteiger partial charge in [-0.25, -0.2) is 4.68 Å². The lowest BCUT2D eigenvalue weighted by Crippen LogP contribution is -2.30. The number of methoxy groups -OCH3 is 2. The molecule has 3 rings (SSSR count). The molecule has 0 aliphatic rings. The second kappa shape index (κ2) is 11.9. The van der Waals surface area contributed by atoms with Crippen molar-refractivity contribution < 1.29 is 19.1 Å². The zero-order valence-electron chi connectivity index (χ0n) is 22.7. The Labute approximate surface area is 218 Å². The van der Waals surface area contributed by atoms with Gasteiger partial charge in [0, 0.05) is 19.2 Å². The Morgan fingerprint density at radius 2 is 1.65 bits per heavy atom. The zero-order chi connectivity index (χ0) is 27.3. The van der Waals surface area contributed by atoms with Crippen molar-refractivity contribution >= 4 is 11.8 Å². The van der Waals surface area contributed by atoms with Crippen LogP contribution in [0.3, 0.4) is 0 Å². The average Bonchev–Trinajstić information content (AvgIpc) is 3.32. The lowest BCUT2D eigenvalue weighted by molar-refractivity contribution is 0.0790. The van der Waals surface area contributed by atoms with E-state index in [-0.39, 0.29) is 17.5 Å². The first-order chi connectivity index (χ1) is 17.6. The molecule has 0 aliphatic carbocycles. The summed E-state index contributed by atoms with van der Waals surface area (Å²) < 4.78 is 12.9. The van der Waals surface area contributed by atoms with Crippen molar-refractivity contribution in [3.05, 3.63) is 59.3 Å². The minimum absolute atomic E-state index is 0.0443. The van der Waals surface area contributed by atoms with E-state index >= 15 is 0 Å². The fourth-order valence-corrected chi connectivity index (χ4v) is 4.26. The Hall–Kier alpha value is -3.85. The summed E-state index contributed by atoms with van der Waals surface area (Å²) in [7, 11) is 9.00. The molecule has 2 N–H and O–H groups in total. The fourth-order valence-electron chi connectivity index (χ4n) is 4.26. The molecule has 0 saturated carbocycles. The number of carbonyl (C=O) groups excluding carboxylic acids is 2. The van der Waals surface area contributed by atoms with Gasteiger partial charge in [0.05, 0.1) is 31.2 Å². The van der Waals surface area contributed by atoms with E-state index in [0.717, 1.165) is 24.2 Å². The number of hydrogen-bond donors (Lipinski definition) is 1. The van der Waals surface area contributed by atoms with Gasteiger partial charge in [-0.15, -0.1) is 0 Å². The Morgan fingerprint density at radius 1 is 1.00 bits per heavy atom. The molecular formula is C28H37N5O4. The highest BCUT2D eigenvalue weighted by molar-refractivity contribution is 5.95. The first kappa shape index (κ1) is 27.7. The van der Waals surface area contributed by atoms with Gasteiger partial charge in [0.15, 0.2) is 5.69 Å². The van der Waals surface area contributed by atoms with Crippen molar-refractivity contribution in [2.75, 3.05) is 48.5 Å². The highest BCUT2D eigenvalue weighted by Crippen LogP contribution is 2.40. The van der Waals surface area contributed by atoms with Crippen LogP contribution in [0.2, 0.25) is 0 Å². The van der Waals surface area contributed by atoms with Gasteiger partial charge in [-0.05, 0) is 74.9 Å². The summed E-state index contributed by atoms with van der Waals surface area (Å²) in [6.45, 7) is 5.67. The average molecular weight is 508 g/mol. The van der Waals surface area contributed by atoms with Crippen molar-refractivity contribution in [2.45, 2.75) is 26.2 Å². The van der Waals surface area contributed by atoms with E-state index in [1.54, 1.807) is 35.9 Å². The Bertz CT molecular complexity index is 1240. The summed E-state index contributed by atoms with van der Waals surface area (Å²) in [5, 5.41) is 4.55. The Morgan fingerprint density at radius 3 is 2.19 bits per heavy atom. The first-order valence-electron chi connectivity index (χ1n) is 12.2. The molecule has 1 heterocycles. The molecule has 0 bridgehead atoms. The van der Waals surface area contributed by atoms with Gasteiger partial charge >= 0.3 is 0 Å². The number of nitrogens with zero attached hydrogens (tertiary/aromatic N) is 4. The number of aromatic nitrogens is 2. The van der Waals surface area contributed by atoms with Crippen molar-refractivity contribution in [1.29, 1.82) is 0 Å². The molecule has 0 unspecified atom stereocenters. The van der Waals surface area contributed by atoms with Gasteiger partial charge in [-0.1, -0.05) is 19.9 Å². The van der Waals surface area contributed by atoms with Crippen LogP contribution in [0.5, 0.6) is 11.5 Å². The smallest absolute Gasteiger partial charge is 0.269 e. The van der Waals surface area contributed by atoms with E-state index < -0.39 is 5.91 Å². The van der Waals surface area contributed by atoms with E-state index in [0.29, 0.717) is 34.9 Å². The van der Waals surface area contributed by atoms with Crippen molar-refractivity contribution in [1.82, 2.24) is 19.6 Å². The lowest BCUT2D eigenvalue weighted by atomic mass is 9.97. The standard InChI is InChI=1S/C28H37N5O4/c1-18(2)20-16-19(28(35)32(5)15-9-14-31(3)4)12-13-22(20)33-23(17-21(30-33)27(29)34)26-24(36-6)10-8-11-25(26)37-7/h8,10-13,16-18H,9,14-15H2,1-7H3,(H2,29,34). The molecule has 198 valence electrons. The molecule has 0 saturated heterocycles. The molecule has 0 atom stereocenters. The maximum Gasteiger partial charge on any atom is 0.269 e. The van der Waals surface area contributed by atoms with Crippen molar-refractivity contribution in [3.8, 4) is 28.4 Å². The summed E-state index contributed by atoms with van der Waals surface area (Å²) in [6.07, 6.45) is 0.887. The molecule has 2 amide bonds. The summed E-state index contributed by atoms with van der Waals surface area (Å²) in [5.41, 5.74) is 9.19. The predicted molar refractivity (Wildman–Crippen MR) is 145 cm³/mol. The maximum absolute atomic E-state index is 13.2. The van der Waals surface area contributed by atoms with Gasteiger partial charge in [0.1, 0.15) is 11.5 Å². The molecule has 9 nitrogen and oxygen atoms in total. The molecule has 0 radical (unpaired) electrons. The lowest BCUT2D eigenvalue weighted by Gasteiger charge is -2.21. The molecule has 9 heteroatoms. The minimum atomic E-state index is -0.647. The second-order valence-corrected chi connectivity index (χ2v) is 9.54. The summed E-state index contributed by atoms with van der Waals surface area (Å²) >= 11 is 0. The van der Waals surface area contributed by atoms with E-state index in [9.17, 15) is 9.59 Å². The normalized spacial score (nSPS) is 11.2. The minimum Gasteiger partial charge on any atom is -0.496 e. The number of nitrogens with two attached hydrogens (primary N) is 1. The molecule has 2 aromatic carbocycles. The predicted octanol–water partition coefficient (Wildman–Crippen LogP) is 3.80. The monoisotopic (exact) mass is 507 g/mol. The van der Waals surface area contributed by atoms with Crippen molar-refractivity contribution in [3.63, 3.8) is 0 Å². The quantitative estimate of drug-likeness (QED) is 0.424. The Balaban J connectivity index is 2.13. The summed E-state index contributed by atoms with van der Waals surface area (Å²) in [4.78, 5) is 29.2. The fraction of sp³-hybridized carbons (Fsp3) is 0.393. The van der Waals surface area contributed by atoms with Gasteiger partial charge in [-0.3, -0.25) is 9.59 Å². The number of hydrogen-bond acceptors (Lipinski definition) is 6. The number of benzene rings is 2.